The van der Waals surface area contributed by atoms with Gasteiger partial charge >= 0.3 is 0 Å². The predicted octanol–water partition coefficient (Wildman–Crippen LogP) is 3.32. The van der Waals surface area contributed by atoms with Gasteiger partial charge in [0.2, 0.25) is 0 Å². The van der Waals surface area contributed by atoms with Crippen molar-refractivity contribution >= 4 is 0 Å². The maximum absolute atomic E-state index is 4.09. The third kappa shape index (κ3) is 7.90. The normalized spacial score (nSPS) is 13.9. The first-order valence-electron chi connectivity index (χ1n) is 4.70. The number of rotatable bonds is 4. The van der Waals surface area contributed by atoms with Crippen molar-refractivity contribution in [1.29, 1.82) is 0 Å². The third-order valence-corrected chi connectivity index (χ3v) is 2.16. The summed E-state index contributed by atoms with van der Waals surface area (Å²) in [5.74, 6) is 0. The van der Waals surface area contributed by atoms with Gasteiger partial charge in [-0.2, -0.15) is 14.1 Å². The Hall–Kier alpha value is 0.544. The fourth-order valence-electron chi connectivity index (χ4n) is 1.30. The zero-order chi connectivity index (χ0) is 10.5. The Morgan fingerprint density at radius 2 is 1.29 bits per heavy atom. The van der Waals surface area contributed by atoms with Crippen molar-refractivity contribution in [2.24, 2.45) is 0 Å². The van der Waals surface area contributed by atoms with Crippen molar-refractivity contribution < 1.29 is 37.2 Å². The molecule has 0 unspecified atom stereocenters. The van der Waals surface area contributed by atoms with E-state index in [0.717, 1.165) is 13.1 Å². The average molecular weight is 269 g/mol. The molecule has 0 atom stereocenters. The average Bonchev–Trinajstić information content (AvgIpc) is 2.02. The van der Waals surface area contributed by atoms with Gasteiger partial charge in [-0.25, -0.2) is 0 Å². The van der Waals surface area contributed by atoms with Crippen LogP contribution in [0.15, 0.2) is 23.3 Å². The molecule has 0 aliphatic rings. The van der Waals surface area contributed by atoms with Gasteiger partial charge in [-0.05, 0) is 38.8 Å². The van der Waals surface area contributed by atoms with Crippen LogP contribution in [0.3, 0.4) is 0 Å². The van der Waals surface area contributed by atoms with Crippen molar-refractivity contribution in [3.05, 3.63) is 37.4 Å². The van der Waals surface area contributed by atoms with Crippen molar-refractivity contribution in [3.8, 4) is 0 Å². The minimum atomic E-state index is 0. The molecule has 0 spiro atoms. The summed E-state index contributed by atoms with van der Waals surface area (Å²) in [5, 5.41) is 0. The molecule has 0 fully saturated rings. The molecule has 0 bridgehead atoms. The Morgan fingerprint density at radius 3 is 1.50 bits per heavy atom. The molecule has 1 nitrogen and oxygen atoms in total. The fourth-order valence-corrected chi connectivity index (χ4v) is 1.30. The monoisotopic (exact) mass is 269 g/mol. The second-order valence-corrected chi connectivity index (χ2v) is 3.93. The van der Waals surface area contributed by atoms with Crippen LogP contribution in [0.4, 0.5) is 0 Å². The van der Waals surface area contributed by atoms with Crippen molar-refractivity contribution in [3.63, 3.8) is 0 Å². The van der Waals surface area contributed by atoms with Crippen LogP contribution in [0.25, 0.3) is 0 Å². The van der Waals surface area contributed by atoms with E-state index in [9.17, 15) is 0 Å². The standard InChI is InChI=1S/C12H22N.Y/c1-7-11(3)9-13(5,6)10-12(4)8-2;/h7-8H,5-6,9-10H2,1-4H3;/q-1;/b11-7-,12-8-;. The molecular weight excluding hydrogens is 247 g/mol. The Labute approximate surface area is 115 Å². The Morgan fingerprint density at radius 1 is 1.00 bits per heavy atom. The van der Waals surface area contributed by atoms with Crippen molar-refractivity contribution in [2.45, 2.75) is 27.7 Å². The smallest absolute Gasteiger partial charge is 0.0527 e. The molecule has 14 heavy (non-hydrogen) atoms. The third-order valence-electron chi connectivity index (χ3n) is 2.16. The summed E-state index contributed by atoms with van der Waals surface area (Å²) in [4.78, 5) is 0. The van der Waals surface area contributed by atoms with Gasteiger partial charge in [-0.3, -0.25) is 0 Å². The summed E-state index contributed by atoms with van der Waals surface area (Å²) in [7, 11) is 8.18. The molecule has 0 amide bonds. The number of nitrogens with zero attached hydrogens (tertiary/aromatic N) is 1. The molecule has 1 radical (unpaired) electrons. The molecule has 0 aliphatic carbocycles. The topological polar surface area (TPSA) is 0 Å². The van der Waals surface area contributed by atoms with E-state index in [0.29, 0.717) is 4.48 Å². The van der Waals surface area contributed by atoms with Crippen molar-refractivity contribution in [2.75, 3.05) is 13.1 Å². The van der Waals surface area contributed by atoms with Crippen LogP contribution in [0, 0.1) is 14.1 Å². The quantitative estimate of drug-likeness (QED) is 0.417. The molecular formula is C12H22NY-. The van der Waals surface area contributed by atoms with E-state index in [1.54, 1.807) is 0 Å². The van der Waals surface area contributed by atoms with Crippen LogP contribution in [0.5, 0.6) is 0 Å². The van der Waals surface area contributed by atoms with Gasteiger partial charge in [0, 0.05) is 32.7 Å². The SMILES string of the molecule is [CH2-][N+]([CH2-])(C/C(C)=C\C)C/C(C)=C\C.[Y]. The Balaban J connectivity index is 0. The van der Waals surface area contributed by atoms with Crippen molar-refractivity contribution in [1.82, 2.24) is 0 Å². The van der Waals surface area contributed by atoms with Crippen LogP contribution in [0.1, 0.15) is 27.7 Å². The first-order chi connectivity index (χ1) is 5.91. The molecule has 2 heteroatoms. The molecule has 0 heterocycles. The molecule has 0 rings (SSSR count). The molecule has 0 saturated carbocycles. The summed E-state index contributed by atoms with van der Waals surface area (Å²) in [5.41, 5.74) is 2.68. The summed E-state index contributed by atoms with van der Waals surface area (Å²) in [6.07, 6.45) is 4.24. The Kier molecular flexibility index (Phi) is 9.43. The number of quaternary nitrogens is 1. The van der Waals surface area contributed by atoms with Gasteiger partial charge in [0.05, 0.1) is 13.1 Å². The molecule has 0 aromatic rings. The first kappa shape index (κ1) is 17.0. The number of allylic oxidation sites excluding steroid dienone is 2. The van der Waals surface area contributed by atoms with Gasteiger partial charge in [0.1, 0.15) is 0 Å². The number of hydrogen-bond acceptors (Lipinski definition) is 0. The van der Waals surface area contributed by atoms with Crippen LogP contribution >= 0.6 is 0 Å². The zero-order valence-electron chi connectivity index (χ0n) is 10.0. The maximum atomic E-state index is 4.09. The van der Waals surface area contributed by atoms with E-state index < -0.39 is 0 Å². The van der Waals surface area contributed by atoms with Gasteiger partial charge in [0.15, 0.2) is 0 Å². The maximum Gasteiger partial charge on any atom is 0.0527 e. The molecule has 79 valence electrons. The Bertz CT molecular complexity index is 192. The fraction of sp³-hybridized carbons (Fsp3) is 0.500. The minimum absolute atomic E-state index is 0. The summed E-state index contributed by atoms with van der Waals surface area (Å²) >= 11 is 0. The van der Waals surface area contributed by atoms with E-state index in [1.165, 1.54) is 11.1 Å². The summed E-state index contributed by atoms with van der Waals surface area (Å²) in [6.45, 7) is 10.2. The van der Waals surface area contributed by atoms with Gasteiger partial charge in [0.25, 0.3) is 0 Å². The van der Waals surface area contributed by atoms with E-state index in [-0.39, 0.29) is 32.7 Å². The second-order valence-electron chi connectivity index (χ2n) is 3.93. The summed E-state index contributed by atoms with van der Waals surface area (Å²) in [6, 6.07) is 0. The zero-order valence-corrected chi connectivity index (χ0v) is 12.8. The molecule has 0 N–H and O–H groups in total. The van der Waals surface area contributed by atoms with Crippen LogP contribution < -0.4 is 0 Å². The second kappa shape index (κ2) is 7.79. The van der Waals surface area contributed by atoms with Gasteiger partial charge in [-0.15, -0.1) is 0 Å². The first-order valence-corrected chi connectivity index (χ1v) is 4.70. The van der Waals surface area contributed by atoms with Gasteiger partial charge in [-0.1, -0.05) is 12.2 Å². The predicted molar refractivity (Wildman–Crippen MR) is 59.6 cm³/mol. The summed E-state index contributed by atoms with van der Waals surface area (Å²) < 4.78 is 0.548. The number of hydrogen-bond donors (Lipinski definition) is 0. The van der Waals surface area contributed by atoms with Crippen LogP contribution in [-0.2, 0) is 32.7 Å². The van der Waals surface area contributed by atoms with E-state index >= 15 is 0 Å². The van der Waals surface area contributed by atoms with Crippen LogP contribution in [-0.4, -0.2) is 17.6 Å². The van der Waals surface area contributed by atoms with Crippen LogP contribution in [0.2, 0.25) is 0 Å². The van der Waals surface area contributed by atoms with Gasteiger partial charge < -0.3 is 4.48 Å². The molecule has 0 aliphatic heterocycles. The molecule has 0 aromatic heterocycles. The van der Waals surface area contributed by atoms with E-state index in [2.05, 4.69) is 53.9 Å². The largest absolute Gasteiger partial charge is 0.588 e. The minimum Gasteiger partial charge on any atom is -0.588 e. The van der Waals surface area contributed by atoms with E-state index in [1.807, 2.05) is 0 Å². The molecule has 0 aromatic carbocycles. The molecule has 0 saturated heterocycles. The van der Waals surface area contributed by atoms with E-state index in [4.69, 9.17) is 0 Å².